The fourth-order valence-electron chi connectivity index (χ4n) is 2.52. The molecule has 3 rings (SSSR count). The predicted molar refractivity (Wildman–Crippen MR) is 109 cm³/mol. The summed E-state index contributed by atoms with van der Waals surface area (Å²) in [5.74, 6) is 0.291. The van der Waals surface area contributed by atoms with E-state index in [1.54, 1.807) is 0 Å². The molecule has 0 saturated carbocycles. The van der Waals surface area contributed by atoms with Crippen LogP contribution >= 0.6 is 11.6 Å². The molecule has 0 spiro atoms. The number of carbonyl (C=O) groups excluding carboxylic acids is 1. The quantitative estimate of drug-likeness (QED) is 0.406. The van der Waals surface area contributed by atoms with Gasteiger partial charge in [-0.15, -0.1) is 0 Å². The molecule has 0 aliphatic heterocycles. The monoisotopic (exact) mass is 381 g/mol. The predicted octanol–water partition coefficient (Wildman–Crippen LogP) is 4.34. The third-order valence-corrected chi connectivity index (χ3v) is 4.50. The summed E-state index contributed by atoms with van der Waals surface area (Å²) >= 11 is 6.20. The Labute approximate surface area is 163 Å². The maximum Gasteiger partial charge on any atom is 0.277 e. The Morgan fingerprint density at radius 3 is 2.74 bits per heavy atom. The lowest BCUT2D eigenvalue weighted by molar-refractivity contribution is -0.123. The second-order valence-corrected chi connectivity index (χ2v) is 6.75. The van der Waals surface area contributed by atoms with Gasteiger partial charge in [0.05, 0.1) is 11.7 Å². The number of pyridine rings is 1. The molecule has 3 aromatic rings. The van der Waals surface area contributed by atoms with Crippen LogP contribution in [0.4, 0.5) is 0 Å². The fourth-order valence-corrected chi connectivity index (χ4v) is 2.71. The van der Waals surface area contributed by atoms with Crippen molar-refractivity contribution in [1.29, 1.82) is 0 Å². The van der Waals surface area contributed by atoms with Crippen molar-refractivity contribution in [2.45, 2.75) is 20.8 Å². The molecule has 0 aliphatic carbocycles. The first kappa shape index (κ1) is 18.9. The van der Waals surface area contributed by atoms with Gasteiger partial charge in [0.1, 0.15) is 10.9 Å². The Hall–Kier alpha value is -2.92. The summed E-state index contributed by atoms with van der Waals surface area (Å²) in [7, 11) is 0. The molecule has 0 bridgehead atoms. The number of hydrogen-bond donors (Lipinski definition) is 1. The van der Waals surface area contributed by atoms with E-state index in [1.165, 1.54) is 11.8 Å². The van der Waals surface area contributed by atoms with Crippen LogP contribution in [-0.4, -0.2) is 23.7 Å². The van der Waals surface area contributed by atoms with Crippen molar-refractivity contribution in [3.63, 3.8) is 0 Å². The van der Waals surface area contributed by atoms with Crippen molar-refractivity contribution >= 4 is 34.6 Å². The van der Waals surface area contributed by atoms with Gasteiger partial charge in [-0.1, -0.05) is 29.8 Å². The average Bonchev–Trinajstić information content (AvgIpc) is 2.63. The number of nitrogens with zero attached hydrogens (tertiary/aromatic N) is 2. The zero-order chi connectivity index (χ0) is 19.4. The number of ether oxygens (including phenoxy) is 1. The number of carbonyl (C=O) groups is 1. The first-order valence-electron chi connectivity index (χ1n) is 8.51. The Balaban J connectivity index is 1.60. The Kier molecular flexibility index (Phi) is 5.72. The van der Waals surface area contributed by atoms with E-state index >= 15 is 0 Å². The van der Waals surface area contributed by atoms with Crippen LogP contribution in [0.3, 0.4) is 0 Å². The van der Waals surface area contributed by atoms with E-state index in [1.807, 2.05) is 63.2 Å². The van der Waals surface area contributed by atoms with Crippen molar-refractivity contribution in [2.24, 2.45) is 5.10 Å². The molecule has 1 N–H and O–H groups in total. The highest BCUT2D eigenvalue weighted by Crippen LogP contribution is 2.20. The van der Waals surface area contributed by atoms with Crippen molar-refractivity contribution in [1.82, 2.24) is 10.4 Å². The van der Waals surface area contributed by atoms with Crippen LogP contribution in [0.2, 0.25) is 5.15 Å². The van der Waals surface area contributed by atoms with Crippen LogP contribution in [0, 0.1) is 20.8 Å². The normalized spacial score (nSPS) is 11.1. The fraction of sp³-hybridized carbons (Fsp3) is 0.190. The molecule has 1 amide bonds. The first-order valence-corrected chi connectivity index (χ1v) is 8.89. The van der Waals surface area contributed by atoms with Crippen molar-refractivity contribution < 1.29 is 9.53 Å². The molecule has 0 saturated heterocycles. The molecule has 6 heteroatoms. The van der Waals surface area contributed by atoms with E-state index in [4.69, 9.17) is 16.3 Å². The Bertz CT molecular complexity index is 1030. The highest BCUT2D eigenvalue weighted by molar-refractivity contribution is 6.32. The second kappa shape index (κ2) is 8.18. The van der Waals surface area contributed by atoms with E-state index in [0.29, 0.717) is 16.5 Å². The van der Waals surface area contributed by atoms with Crippen molar-refractivity contribution in [2.75, 3.05) is 6.61 Å². The summed E-state index contributed by atoms with van der Waals surface area (Å²) in [5.41, 5.74) is 7.28. The van der Waals surface area contributed by atoms with Crippen LogP contribution < -0.4 is 10.2 Å². The third-order valence-electron chi connectivity index (χ3n) is 4.19. The standard InChI is InChI=1S/C21H20ClN3O2/c1-13-4-6-16-10-17(21(22)24-19(16)8-13)11-23-25-20(26)12-27-18-7-5-14(2)15(3)9-18/h4-11H,12H2,1-3H3,(H,25,26)/b23-11-. The first-order chi connectivity index (χ1) is 12.9. The zero-order valence-corrected chi connectivity index (χ0v) is 16.2. The largest absolute Gasteiger partial charge is 0.484 e. The topological polar surface area (TPSA) is 63.6 Å². The molecule has 0 atom stereocenters. The number of halogens is 1. The smallest absolute Gasteiger partial charge is 0.277 e. The van der Waals surface area contributed by atoms with Crippen molar-refractivity contribution in [3.05, 3.63) is 69.9 Å². The molecular weight excluding hydrogens is 362 g/mol. The molecule has 0 unspecified atom stereocenters. The summed E-state index contributed by atoms with van der Waals surface area (Å²) in [6.45, 7) is 5.90. The van der Waals surface area contributed by atoms with Gasteiger partial charge in [-0.05, 0) is 61.7 Å². The lowest BCUT2D eigenvalue weighted by Gasteiger charge is -2.07. The van der Waals surface area contributed by atoms with Gasteiger partial charge in [0.15, 0.2) is 6.61 Å². The summed E-state index contributed by atoms with van der Waals surface area (Å²) in [6, 6.07) is 13.5. The lowest BCUT2D eigenvalue weighted by atomic mass is 10.1. The lowest BCUT2D eigenvalue weighted by Crippen LogP contribution is -2.24. The Morgan fingerprint density at radius 2 is 1.96 bits per heavy atom. The second-order valence-electron chi connectivity index (χ2n) is 6.39. The molecular formula is C21H20ClN3O2. The highest BCUT2D eigenvalue weighted by Gasteiger charge is 2.05. The molecule has 1 aromatic heterocycles. The van der Waals surface area contributed by atoms with Crippen LogP contribution in [0.25, 0.3) is 10.9 Å². The number of hydrogen-bond acceptors (Lipinski definition) is 4. The maximum atomic E-state index is 11.9. The highest BCUT2D eigenvalue weighted by atomic mass is 35.5. The van der Waals surface area contributed by atoms with E-state index in [9.17, 15) is 4.79 Å². The van der Waals surface area contributed by atoms with Gasteiger partial charge in [-0.25, -0.2) is 10.4 Å². The number of aromatic nitrogens is 1. The minimum Gasteiger partial charge on any atom is -0.484 e. The Morgan fingerprint density at radius 1 is 1.15 bits per heavy atom. The average molecular weight is 382 g/mol. The number of hydrazone groups is 1. The number of nitrogens with one attached hydrogen (secondary N) is 1. The SMILES string of the molecule is Cc1ccc2cc(/C=N\NC(=O)COc3ccc(C)c(C)c3)c(Cl)nc2c1. The number of benzene rings is 2. The van der Waals surface area contributed by atoms with Crippen LogP contribution in [0.15, 0.2) is 47.6 Å². The number of rotatable bonds is 5. The molecule has 27 heavy (non-hydrogen) atoms. The minimum absolute atomic E-state index is 0.122. The van der Waals surface area contributed by atoms with E-state index < -0.39 is 0 Å². The molecule has 0 radical (unpaired) electrons. The van der Waals surface area contributed by atoms with Gasteiger partial charge in [0.25, 0.3) is 5.91 Å². The number of amides is 1. The molecule has 138 valence electrons. The van der Waals surface area contributed by atoms with Gasteiger partial charge in [-0.2, -0.15) is 5.10 Å². The van der Waals surface area contributed by atoms with Crippen molar-refractivity contribution in [3.8, 4) is 5.75 Å². The van der Waals surface area contributed by atoms with Crippen LogP contribution in [-0.2, 0) is 4.79 Å². The van der Waals surface area contributed by atoms with Crippen LogP contribution in [0.5, 0.6) is 5.75 Å². The van der Waals surface area contributed by atoms with E-state index in [-0.39, 0.29) is 12.5 Å². The van der Waals surface area contributed by atoms with E-state index in [0.717, 1.165) is 22.0 Å². The van der Waals surface area contributed by atoms with Gasteiger partial charge >= 0.3 is 0 Å². The van der Waals surface area contributed by atoms with Gasteiger partial charge in [0.2, 0.25) is 0 Å². The van der Waals surface area contributed by atoms with Gasteiger partial charge < -0.3 is 4.74 Å². The summed E-state index contributed by atoms with van der Waals surface area (Å²) in [4.78, 5) is 16.3. The van der Waals surface area contributed by atoms with E-state index in [2.05, 4.69) is 15.5 Å². The number of aryl methyl sites for hydroxylation is 3. The van der Waals surface area contributed by atoms with Gasteiger partial charge in [0, 0.05) is 10.9 Å². The summed E-state index contributed by atoms with van der Waals surface area (Å²) in [6.07, 6.45) is 1.47. The maximum absolute atomic E-state index is 11.9. The summed E-state index contributed by atoms with van der Waals surface area (Å²) < 4.78 is 5.47. The van der Waals surface area contributed by atoms with Crippen LogP contribution in [0.1, 0.15) is 22.3 Å². The molecule has 0 aliphatic rings. The zero-order valence-electron chi connectivity index (χ0n) is 15.4. The molecule has 1 heterocycles. The number of fused-ring (bicyclic) bond motifs is 1. The minimum atomic E-state index is -0.357. The summed E-state index contributed by atoms with van der Waals surface area (Å²) in [5, 5.41) is 5.23. The molecule has 0 fully saturated rings. The molecule has 2 aromatic carbocycles. The third kappa shape index (κ3) is 4.83. The molecule has 5 nitrogen and oxygen atoms in total. The van der Waals surface area contributed by atoms with Gasteiger partial charge in [-0.3, -0.25) is 4.79 Å².